The van der Waals surface area contributed by atoms with Gasteiger partial charge in [-0.1, -0.05) is 28.9 Å². The van der Waals surface area contributed by atoms with E-state index in [0.717, 1.165) is 40.0 Å². The van der Waals surface area contributed by atoms with Crippen LogP contribution in [0.25, 0.3) is 16.7 Å². The number of hydrogen-bond acceptors (Lipinski definition) is 4. The van der Waals surface area contributed by atoms with Crippen molar-refractivity contribution < 1.29 is 0 Å². The average Bonchev–Trinajstić information content (AvgIpc) is 2.89. The molecule has 0 bridgehead atoms. The first-order chi connectivity index (χ1) is 9.79. The van der Waals surface area contributed by atoms with Gasteiger partial charge in [-0.25, -0.2) is 14.6 Å². The molecule has 3 aromatic rings. The minimum atomic E-state index is 0.803. The van der Waals surface area contributed by atoms with Gasteiger partial charge in [0.05, 0.1) is 17.3 Å². The highest BCUT2D eigenvalue weighted by molar-refractivity contribution is 9.10. The summed E-state index contributed by atoms with van der Waals surface area (Å²) in [6.07, 6.45) is 4.41. The molecule has 5 nitrogen and oxygen atoms in total. The van der Waals surface area contributed by atoms with E-state index in [1.807, 2.05) is 28.9 Å². The molecule has 2 heterocycles. The molecule has 0 unspecified atom stereocenters. The molecule has 1 N–H and O–H groups in total. The van der Waals surface area contributed by atoms with E-state index in [1.54, 1.807) is 12.5 Å². The van der Waals surface area contributed by atoms with Crippen molar-refractivity contribution in [2.75, 3.05) is 11.9 Å². The van der Waals surface area contributed by atoms with E-state index in [1.165, 1.54) is 0 Å². The molecular formula is C14H14BrN5. The number of nitrogens with zero attached hydrogens (tertiary/aromatic N) is 4. The first-order valence-electron chi connectivity index (χ1n) is 6.48. The Bertz CT molecular complexity index is 737. The Kier molecular flexibility index (Phi) is 3.64. The van der Waals surface area contributed by atoms with Crippen LogP contribution >= 0.6 is 15.9 Å². The van der Waals surface area contributed by atoms with Crippen molar-refractivity contribution in [3.8, 4) is 5.69 Å². The summed E-state index contributed by atoms with van der Waals surface area (Å²) in [7, 11) is 0. The molecule has 1 aromatic carbocycles. The number of fused-ring (bicyclic) bond motifs is 1. The zero-order valence-electron chi connectivity index (χ0n) is 11.0. The first-order valence-corrected chi connectivity index (χ1v) is 7.27. The third-order valence-electron chi connectivity index (χ3n) is 2.96. The maximum Gasteiger partial charge on any atom is 0.168 e. The fourth-order valence-electron chi connectivity index (χ4n) is 2.03. The molecule has 2 aromatic heterocycles. The van der Waals surface area contributed by atoms with Gasteiger partial charge in [0.1, 0.15) is 12.1 Å². The Labute approximate surface area is 125 Å². The summed E-state index contributed by atoms with van der Waals surface area (Å²) < 4.78 is 2.83. The smallest absolute Gasteiger partial charge is 0.168 e. The van der Waals surface area contributed by atoms with Crippen molar-refractivity contribution in [1.29, 1.82) is 0 Å². The SMILES string of the molecule is CCCNc1ncnc2c1cnn2-c1cccc(Br)c1. The van der Waals surface area contributed by atoms with Gasteiger partial charge in [-0.15, -0.1) is 0 Å². The maximum absolute atomic E-state index is 4.43. The molecular weight excluding hydrogens is 318 g/mol. The molecule has 20 heavy (non-hydrogen) atoms. The predicted octanol–water partition coefficient (Wildman–Crippen LogP) is 3.40. The fourth-order valence-corrected chi connectivity index (χ4v) is 2.41. The molecule has 6 heteroatoms. The Morgan fingerprint density at radius 1 is 1.30 bits per heavy atom. The second kappa shape index (κ2) is 5.58. The summed E-state index contributed by atoms with van der Waals surface area (Å²) in [6, 6.07) is 7.97. The lowest BCUT2D eigenvalue weighted by Gasteiger charge is -2.05. The van der Waals surface area contributed by atoms with Crippen LogP contribution in [0.4, 0.5) is 5.82 Å². The van der Waals surface area contributed by atoms with E-state index >= 15 is 0 Å². The van der Waals surface area contributed by atoms with E-state index in [0.29, 0.717) is 0 Å². The van der Waals surface area contributed by atoms with Gasteiger partial charge in [0.25, 0.3) is 0 Å². The van der Waals surface area contributed by atoms with Crippen LogP contribution in [0.1, 0.15) is 13.3 Å². The van der Waals surface area contributed by atoms with Crippen LogP contribution in [0.15, 0.2) is 41.3 Å². The topological polar surface area (TPSA) is 55.6 Å². The van der Waals surface area contributed by atoms with Crippen LogP contribution in [0.5, 0.6) is 0 Å². The standard InChI is InChI=1S/C14H14BrN5/c1-2-6-16-13-12-8-19-20(14(12)18-9-17-13)11-5-3-4-10(15)7-11/h3-5,7-9H,2,6H2,1H3,(H,16,17,18). The fraction of sp³-hybridized carbons (Fsp3) is 0.214. The van der Waals surface area contributed by atoms with Gasteiger partial charge in [0.15, 0.2) is 5.65 Å². The van der Waals surface area contributed by atoms with Gasteiger partial charge in [-0.3, -0.25) is 0 Å². The Hall–Kier alpha value is -1.95. The van der Waals surface area contributed by atoms with Crippen LogP contribution in [0, 0.1) is 0 Å². The van der Waals surface area contributed by atoms with Crippen molar-refractivity contribution in [2.45, 2.75) is 13.3 Å². The highest BCUT2D eigenvalue weighted by Crippen LogP contribution is 2.22. The van der Waals surface area contributed by atoms with Crippen molar-refractivity contribution in [3.63, 3.8) is 0 Å². The molecule has 3 rings (SSSR count). The van der Waals surface area contributed by atoms with Gasteiger partial charge in [-0.2, -0.15) is 5.10 Å². The monoisotopic (exact) mass is 331 g/mol. The number of anilines is 1. The van der Waals surface area contributed by atoms with Gasteiger partial charge < -0.3 is 5.32 Å². The van der Waals surface area contributed by atoms with Crippen molar-refractivity contribution >= 4 is 32.8 Å². The number of halogens is 1. The summed E-state index contributed by atoms with van der Waals surface area (Å²) in [6.45, 7) is 3.00. The Morgan fingerprint density at radius 3 is 3.00 bits per heavy atom. The van der Waals surface area contributed by atoms with E-state index in [9.17, 15) is 0 Å². The second-order valence-corrected chi connectivity index (χ2v) is 5.34. The Balaban J connectivity index is 2.10. The molecule has 0 saturated carbocycles. The molecule has 0 saturated heterocycles. The highest BCUT2D eigenvalue weighted by Gasteiger charge is 2.10. The maximum atomic E-state index is 4.43. The summed E-state index contributed by atoms with van der Waals surface area (Å²) in [4.78, 5) is 8.63. The number of nitrogens with one attached hydrogen (secondary N) is 1. The van der Waals surface area contributed by atoms with E-state index in [2.05, 4.69) is 43.2 Å². The van der Waals surface area contributed by atoms with Gasteiger partial charge in [-0.05, 0) is 24.6 Å². The predicted molar refractivity (Wildman–Crippen MR) is 83.1 cm³/mol. The molecule has 0 radical (unpaired) electrons. The zero-order valence-corrected chi connectivity index (χ0v) is 12.6. The lowest BCUT2D eigenvalue weighted by molar-refractivity contribution is 0.894. The van der Waals surface area contributed by atoms with Gasteiger partial charge >= 0.3 is 0 Å². The van der Waals surface area contributed by atoms with Crippen LogP contribution in [0.3, 0.4) is 0 Å². The van der Waals surface area contributed by atoms with Crippen molar-refractivity contribution in [3.05, 3.63) is 41.3 Å². The lowest BCUT2D eigenvalue weighted by atomic mass is 10.3. The van der Waals surface area contributed by atoms with Crippen molar-refractivity contribution in [2.24, 2.45) is 0 Å². The van der Waals surface area contributed by atoms with Gasteiger partial charge in [0.2, 0.25) is 0 Å². The third kappa shape index (κ3) is 2.38. The minimum Gasteiger partial charge on any atom is -0.369 e. The largest absolute Gasteiger partial charge is 0.369 e. The molecule has 0 aliphatic carbocycles. The second-order valence-electron chi connectivity index (χ2n) is 4.42. The molecule has 0 fully saturated rings. The quantitative estimate of drug-likeness (QED) is 0.796. The minimum absolute atomic E-state index is 0.803. The summed E-state index contributed by atoms with van der Waals surface area (Å²) in [5.41, 5.74) is 1.77. The van der Waals surface area contributed by atoms with Crippen molar-refractivity contribution in [1.82, 2.24) is 19.7 Å². The normalized spacial score (nSPS) is 10.9. The average molecular weight is 332 g/mol. The molecule has 102 valence electrons. The number of rotatable bonds is 4. The molecule has 0 aliphatic rings. The van der Waals surface area contributed by atoms with E-state index in [4.69, 9.17) is 0 Å². The summed E-state index contributed by atoms with van der Waals surface area (Å²) in [5, 5.41) is 8.66. The zero-order chi connectivity index (χ0) is 13.9. The summed E-state index contributed by atoms with van der Waals surface area (Å²) in [5.74, 6) is 0.832. The lowest BCUT2D eigenvalue weighted by Crippen LogP contribution is -2.03. The van der Waals surface area contributed by atoms with Crippen LogP contribution in [-0.2, 0) is 0 Å². The summed E-state index contributed by atoms with van der Waals surface area (Å²) >= 11 is 3.47. The van der Waals surface area contributed by atoms with Crippen LogP contribution in [-0.4, -0.2) is 26.3 Å². The third-order valence-corrected chi connectivity index (χ3v) is 3.45. The molecule has 0 spiro atoms. The van der Waals surface area contributed by atoms with Gasteiger partial charge in [0, 0.05) is 11.0 Å². The van der Waals surface area contributed by atoms with E-state index in [-0.39, 0.29) is 0 Å². The molecule has 0 amide bonds. The highest BCUT2D eigenvalue weighted by atomic mass is 79.9. The van der Waals surface area contributed by atoms with E-state index < -0.39 is 0 Å². The number of benzene rings is 1. The van der Waals surface area contributed by atoms with Crippen LogP contribution in [0.2, 0.25) is 0 Å². The Morgan fingerprint density at radius 2 is 2.20 bits per heavy atom. The van der Waals surface area contributed by atoms with Crippen LogP contribution < -0.4 is 5.32 Å². The first kappa shape index (κ1) is 13.1. The molecule has 0 atom stereocenters. The number of hydrogen-bond donors (Lipinski definition) is 1. The molecule has 0 aliphatic heterocycles. The number of aromatic nitrogens is 4.